The average Bonchev–Trinajstić information content (AvgIpc) is 2.94. The number of hydrogen-bond acceptors (Lipinski definition) is 3. The van der Waals surface area contributed by atoms with Crippen molar-refractivity contribution in [3.63, 3.8) is 0 Å². The van der Waals surface area contributed by atoms with Crippen LogP contribution in [0.15, 0.2) is 42.5 Å². The second-order valence-electron chi connectivity index (χ2n) is 5.43. The highest BCUT2D eigenvalue weighted by Crippen LogP contribution is 2.21. The van der Waals surface area contributed by atoms with Gasteiger partial charge in [-0.3, -0.25) is 4.79 Å². The van der Waals surface area contributed by atoms with Crippen molar-refractivity contribution >= 4 is 29.0 Å². The lowest BCUT2D eigenvalue weighted by molar-refractivity contribution is -0.109. The molecule has 0 radical (unpaired) electrons. The number of aryl methyl sites for hydroxylation is 1. The quantitative estimate of drug-likeness (QED) is 0.669. The summed E-state index contributed by atoms with van der Waals surface area (Å²) in [5.74, 6) is 1.59. The summed E-state index contributed by atoms with van der Waals surface area (Å²) in [5.41, 5.74) is 2.91. The number of nitrogens with one attached hydrogen (secondary N) is 1. The number of carbonyl (C=O) groups excluding carboxylic acids is 1. The van der Waals surface area contributed by atoms with Crippen LogP contribution in [-0.4, -0.2) is 22.6 Å². The third-order valence-electron chi connectivity index (χ3n) is 3.79. The first-order valence-corrected chi connectivity index (χ1v) is 8.07. The molecule has 2 aromatic carbocycles. The number of para-hydroxylation sites is 2. The number of hydrogen-bond donors (Lipinski definition) is 1. The molecule has 6 heteroatoms. The maximum absolute atomic E-state index is 10.6. The van der Waals surface area contributed by atoms with E-state index in [1.54, 1.807) is 0 Å². The second-order valence-corrected chi connectivity index (χ2v) is 5.83. The Morgan fingerprint density at radius 2 is 2.12 bits per heavy atom. The van der Waals surface area contributed by atoms with E-state index < -0.39 is 0 Å². The molecule has 124 valence electrons. The minimum Gasteiger partial charge on any atom is -0.492 e. The Hall–Kier alpha value is -2.53. The van der Waals surface area contributed by atoms with Crippen molar-refractivity contribution in [3.05, 3.63) is 58.9 Å². The van der Waals surface area contributed by atoms with Crippen molar-refractivity contribution in [2.75, 3.05) is 6.61 Å². The third kappa shape index (κ3) is 3.51. The molecule has 1 N–H and O–H groups in total. The van der Waals surface area contributed by atoms with Crippen LogP contribution in [0.4, 0.5) is 0 Å². The summed E-state index contributed by atoms with van der Waals surface area (Å²) >= 11 is 6.03. The Kier molecular flexibility index (Phi) is 5.01. The number of fused-ring (bicyclic) bond motifs is 1. The van der Waals surface area contributed by atoms with E-state index in [0.29, 0.717) is 26.1 Å². The topological polar surface area (TPSA) is 56.1 Å². The molecule has 3 rings (SSSR count). The zero-order chi connectivity index (χ0) is 16.9. The van der Waals surface area contributed by atoms with Gasteiger partial charge in [0.15, 0.2) is 0 Å². The standard InChI is InChI=1S/C18H18ClN3O2/c1-13-10-14(6-7-15(13)19)24-9-8-22-17-5-3-2-4-16(17)21-18(22)11-20-12-23/h2-7,10,12H,8-9,11H2,1H3,(H,20,23). The van der Waals surface area contributed by atoms with Gasteiger partial charge >= 0.3 is 0 Å². The van der Waals surface area contributed by atoms with Crippen LogP contribution in [0.1, 0.15) is 11.4 Å². The van der Waals surface area contributed by atoms with E-state index in [1.165, 1.54) is 0 Å². The normalized spacial score (nSPS) is 10.8. The van der Waals surface area contributed by atoms with Crippen molar-refractivity contribution in [1.29, 1.82) is 0 Å². The first-order valence-electron chi connectivity index (χ1n) is 7.69. The van der Waals surface area contributed by atoms with Crippen LogP contribution in [0.2, 0.25) is 5.02 Å². The Labute approximate surface area is 145 Å². The summed E-state index contributed by atoms with van der Waals surface area (Å²) in [6.07, 6.45) is 0.677. The molecule has 5 nitrogen and oxygen atoms in total. The van der Waals surface area contributed by atoms with Crippen LogP contribution in [0.5, 0.6) is 5.75 Å². The highest BCUT2D eigenvalue weighted by Gasteiger charge is 2.10. The van der Waals surface area contributed by atoms with Gasteiger partial charge in [0, 0.05) is 5.02 Å². The fourth-order valence-electron chi connectivity index (χ4n) is 2.60. The van der Waals surface area contributed by atoms with Gasteiger partial charge in [0.25, 0.3) is 0 Å². The van der Waals surface area contributed by atoms with Crippen molar-refractivity contribution < 1.29 is 9.53 Å². The maximum Gasteiger partial charge on any atom is 0.207 e. The highest BCUT2D eigenvalue weighted by atomic mass is 35.5. The summed E-state index contributed by atoms with van der Waals surface area (Å²) in [6.45, 7) is 3.47. The number of rotatable bonds is 7. The number of halogens is 1. The van der Waals surface area contributed by atoms with Gasteiger partial charge < -0.3 is 14.6 Å². The first kappa shape index (κ1) is 16.3. The summed E-state index contributed by atoms with van der Waals surface area (Å²) in [5, 5.41) is 3.40. The van der Waals surface area contributed by atoms with Crippen LogP contribution in [0.25, 0.3) is 11.0 Å². The van der Waals surface area contributed by atoms with Crippen molar-refractivity contribution in [2.24, 2.45) is 0 Å². The maximum atomic E-state index is 10.6. The van der Waals surface area contributed by atoms with E-state index in [0.717, 1.165) is 33.2 Å². The molecule has 0 aliphatic rings. The fraction of sp³-hybridized carbons (Fsp3) is 0.222. The predicted octanol–water partition coefficient (Wildman–Crippen LogP) is 3.32. The van der Waals surface area contributed by atoms with Crippen LogP contribution >= 0.6 is 11.6 Å². The van der Waals surface area contributed by atoms with Gasteiger partial charge in [-0.1, -0.05) is 23.7 Å². The third-order valence-corrected chi connectivity index (χ3v) is 4.21. The van der Waals surface area contributed by atoms with E-state index >= 15 is 0 Å². The summed E-state index contributed by atoms with van der Waals surface area (Å²) in [4.78, 5) is 15.1. The van der Waals surface area contributed by atoms with Crippen LogP contribution in [-0.2, 0) is 17.9 Å². The molecule has 1 heterocycles. The van der Waals surface area contributed by atoms with Gasteiger partial charge in [-0.25, -0.2) is 4.98 Å². The lowest BCUT2D eigenvalue weighted by Crippen LogP contribution is -2.17. The van der Waals surface area contributed by atoms with Crippen molar-refractivity contribution in [1.82, 2.24) is 14.9 Å². The van der Waals surface area contributed by atoms with Crippen LogP contribution in [0, 0.1) is 6.92 Å². The number of nitrogens with zero attached hydrogens (tertiary/aromatic N) is 2. The molecule has 3 aromatic rings. The molecule has 0 aliphatic heterocycles. The Morgan fingerprint density at radius 1 is 1.29 bits per heavy atom. The molecule has 0 unspecified atom stereocenters. The number of benzene rings is 2. The molecule has 0 bridgehead atoms. The molecule has 0 saturated heterocycles. The van der Waals surface area contributed by atoms with Crippen molar-refractivity contribution in [2.45, 2.75) is 20.0 Å². The number of imidazole rings is 1. The molecule has 1 amide bonds. The molecular weight excluding hydrogens is 326 g/mol. The molecule has 0 fully saturated rings. The zero-order valence-electron chi connectivity index (χ0n) is 13.3. The van der Waals surface area contributed by atoms with Crippen LogP contribution < -0.4 is 10.1 Å². The van der Waals surface area contributed by atoms with E-state index in [4.69, 9.17) is 16.3 Å². The molecule has 0 atom stereocenters. The summed E-state index contributed by atoms with van der Waals surface area (Å²) in [6, 6.07) is 13.5. The highest BCUT2D eigenvalue weighted by molar-refractivity contribution is 6.31. The summed E-state index contributed by atoms with van der Waals surface area (Å²) in [7, 11) is 0. The first-order chi connectivity index (χ1) is 11.7. The Bertz CT molecular complexity index is 861. The Balaban J connectivity index is 1.75. The zero-order valence-corrected chi connectivity index (χ0v) is 14.1. The van der Waals surface area contributed by atoms with E-state index in [-0.39, 0.29) is 0 Å². The summed E-state index contributed by atoms with van der Waals surface area (Å²) < 4.78 is 7.89. The lowest BCUT2D eigenvalue weighted by atomic mass is 10.2. The van der Waals surface area contributed by atoms with Crippen LogP contribution in [0.3, 0.4) is 0 Å². The Morgan fingerprint density at radius 3 is 2.92 bits per heavy atom. The number of ether oxygens (including phenoxy) is 1. The fourth-order valence-corrected chi connectivity index (χ4v) is 2.72. The molecule has 0 spiro atoms. The van der Waals surface area contributed by atoms with Gasteiger partial charge in [-0.2, -0.15) is 0 Å². The van der Waals surface area contributed by atoms with Gasteiger partial charge in [0.2, 0.25) is 6.41 Å². The minimum atomic E-state index is 0.387. The average molecular weight is 344 g/mol. The molecule has 0 saturated carbocycles. The van der Waals surface area contributed by atoms with E-state index in [9.17, 15) is 4.79 Å². The number of aromatic nitrogens is 2. The SMILES string of the molecule is Cc1cc(OCCn2c(CNC=O)nc3ccccc32)ccc1Cl. The largest absolute Gasteiger partial charge is 0.492 e. The lowest BCUT2D eigenvalue weighted by Gasteiger charge is -2.11. The number of amides is 1. The minimum absolute atomic E-state index is 0.387. The van der Waals surface area contributed by atoms with Gasteiger partial charge in [0.1, 0.15) is 18.2 Å². The smallest absolute Gasteiger partial charge is 0.207 e. The van der Waals surface area contributed by atoms with Gasteiger partial charge in [0.05, 0.1) is 24.1 Å². The molecular formula is C18H18ClN3O2. The van der Waals surface area contributed by atoms with Gasteiger partial charge in [-0.05, 0) is 42.8 Å². The van der Waals surface area contributed by atoms with Gasteiger partial charge in [-0.15, -0.1) is 0 Å². The van der Waals surface area contributed by atoms with E-state index in [2.05, 4.69) is 14.9 Å². The van der Waals surface area contributed by atoms with Crippen molar-refractivity contribution in [3.8, 4) is 5.75 Å². The predicted molar refractivity (Wildman–Crippen MR) is 94.3 cm³/mol. The second kappa shape index (κ2) is 7.36. The monoisotopic (exact) mass is 343 g/mol. The van der Waals surface area contributed by atoms with E-state index in [1.807, 2.05) is 49.4 Å². The number of carbonyl (C=O) groups is 1. The molecule has 1 aromatic heterocycles. The molecule has 0 aliphatic carbocycles. The molecule has 24 heavy (non-hydrogen) atoms.